The summed E-state index contributed by atoms with van der Waals surface area (Å²) in [6.45, 7) is 6.12. The Morgan fingerprint density at radius 1 is 1.45 bits per heavy atom. The van der Waals surface area contributed by atoms with E-state index in [0.29, 0.717) is 6.61 Å². The Morgan fingerprint density at radius 3 is 2.55 bits per heavy atom. The molecule has 0 unspecified atom stereocenters. The van der Waals surface area contributed by atoms with E-state index in [1.54, 1.807) is 0 Å². The van der Waals surface area contributed by atoms with Crippen LogP contribution in [-0.4, -0.2) is 12.6 Å². The minimum Gasteiger partial charge on any atom is -0.466 e. The summed E-state index contributed by atoms with van der Waals surface area (Å²) >= 11 is 0. The molecular weight excluding hydrogens is 140 g/mol. The highest BCUT2D eigenvalue weighted by Gasteiger charge is 1.89. The summed E-state index contributed by atoms with van der Waals surface area (Å²) in [5, 5.41) is 0. The first-order valence-electron chi connectivity index (χ1n) is 3.95. The molecule has 0 aliphatic heterocycles. The average molecular weight is 156 g/mol. The van der Waals surface area contributed by atoms with Gasteiger partial charge in [-0.3, -0.25) is 4.79 Å². The minimum absolute atomic E-state index is 0.201. The van der Waals surface area contributed by atoms with E-state index in [2.05, 4.69) is 19.9 Å². The van der Waals surface area contributed by atoms with Gasteiger partial charge in [-0.2, -0.15) is 0 Å². The molecule has 0 aromatic carbocycles. The van der Waals surface area contributed by atoms with Gasteiger partial charge < -0.3 is 4.74 Å². The molecule has 0 heterocycles. The Morgan fingerprint density at radius 2 is 2.09 bits per heavy atom. The molecule has 0 saturated heterocycles. The molecule has 0 aromatic rings. The van der Waals surface area contributed by atoms with E-state index in [0.717, 1.165) is 12.8 Å². The molecule has 0 atom stereocenters. The second kappa shape index (κ2) is 5.96. The Balaban J connectivity index is 3.33. The molecule has 2 heteroatoms. The quantitative estimate of drug-likeness (QED) is 0.354. The van der Waals surface area contributed by atoms with Crippen LogP contribution < -0.4 is 0 Å². The van der Waals surface area contributed by atoms with Crippen molar-refractivity contribution in [3.63, 3.8) is 0 Å². The smallest absolute Gasteiger partial charge is 0.302 e. The van der Waals surface area contributed by atoms with Gasteiger partial charge in [-0.15, -0.1) is 0 Å². The molecule has 0 bridgehead atoms. The zero-order valence-electron chi connectivity index (χ0n) is 7.52. The van der Waals surface area contributed by atoms with Crippen LogP contribution in [0.2, 0.25) is 0 Å². The van der Waals surface area contributed by atoms with Crippen LogP contribution in [0.15, 0.2) is 11.6 Å². The number of hydrogen-bond acceptors (Lipinski definition) is 2. The summed E-state index contributed by atoms with van der Waals surface area (Å²) in [6.07, 6.45) is 4.00. The van der Waals surface area contributed by atoms with Crippen LogP contribution in [0.25, 0.3) is 0 Å². The molecule has 0 saturated carbocycles. The first-order valence-corrected chi connectivity index (χ1v) is 3.95. The van der Waals surface area contributed by atoms with E-state index in [1.165, 1.54) is 12.5 Å². The molecule has 0 amide bonds. The van der Waals surface area contributed by atoms with Crippen LogP contribution in [0.4, 0.5) is 0 Å². The van der Waals surface area contributed by atoms with Crippen molar-refractivity contribution in [3.8, 4) is 0 Å². The fraction of sp³-hybridized carbons (Fsp3) is 0.667. The van der Waals surface area contributed by atoms with Gasteiger partial charge in [0.1, 0.15) is 0 Å². The molecule has 0 aliphatic carbocycles. The van der Waals surface area contributed by atoms with E-state index in [1.807, 2.05) is 0 Å². The average Bonchev–Trinajstić information content (AvgIpc) is 1.97. The molecule has 0 aromatic heterocycles. The van der Waals surface area contributed by atoms with E-state index >= 15 is 0 Å². The van der Waals surface area contributed by atoms with Crippen molar-refractivity contribution in [2.24, 2.45) is 0 Å². The van der Waals surface area contributed by atoms with Crippen molar-refractivity contribution in [2.75, 3.05) is 6.61 Å². The number of carbonyl (C=O) groups is 1. The predicted molar refractivity (Wildman–Crippen MR) is 45.3 cm³/mol. The van der Waals surface area contributed by atoms with E-state index in [9.17, 15) is 4.79 Å². The van der Waals surface area contributed by atoms with Gasteiger partial charge >= 0.3 is 5.97 Å². The number of ether oxygens (including phenoxy) is 1. The lowest BCUT2D eigenvalue weighted by molar-refractivity contribution is -0.140. The fourth-order valence-corrected chi connectivity index (χ4v) is 0.652. The molecule has 2 nitrogen and oxygen atoms in total. The predicted octanol–water partition coefficient (Wildman–Crippen LogP) is 2.30. The maximum Gasteiger partial charge on any atom is 0.302 e. The SMILES string of the molecule is CC/C(C)=C/CCOC(C)=O. The van der Waals surface area contributed by atoms with E-state index < -0.39 is 0 Å². The molecule has 64 valence electrons. The maximum absolute atomic E-state index is 10.3. The third-order valence-corrected chi connectivity index (χ3v) is 1.47. The van der Waals surface area contributed by atoms with Gasteiger partial charge in [-0.05, 0) is 19.8 Å². The molecular formula is C9H16O2. The van der Waals surface area contributed by atoms with E-state index in [4.69, 9.17) is 4.74 Å². The molecule has 0 spiro atoms. The second-order valence-corrected chi connectivity index (χ2v) is 2.53. The van der Waals surface area contributed by atoms with Crippen LogP contribution in [0.5, 0.6) is 0 Å². The van der Waals surface area contributed by atoms with Crippen LogP contribution in [-0.2, 0) is 9.53 Å². The highest BCUT2D eigenvalue weighted by molar-refractivity contribution is 5.65. The number of carbonyl (C=O) groups excluding carboxylic acids is 1. The molecule has 0 radical (unpaired) electrons. The minimum atomic E-state index is -0.201. The number of allylic oxidation sites excluding steroid dienone is 1. The summed E-state index contributed by atoms with van der Waals surface area (Å²) in [7, 11) is 0. The number of rotatable bonds is 4. The Hall–Kier alpha value is -0.790. The molecule has 11 heavy (non-hydrogen) atoms. The van der Waals surface area contributed by atoms with Gasteiger partial charge in [0.2, 0.25) is 0 Å². The molecule has 0 fully saturated rings. The van der Waals surface area contributed by atoms with Gasteiger partial charge in [0, 0.05) is 6.92 Å². The zero-order chi connectivity index (χ0) is 8.69. The number of esters is 1. The Labute approximate surface area is 68.2 Å². The van der Waals surface area contributed by atoms with Crippen LogP contribution in [0.3, 0.4) is 0 Å². The lowest BCUT2D eigenvalue weighted by Gasteiger charge is -1.98. The van der Waals surface area contributed by atoms with Crippen molar-refractivity contribution in [3.05, 3.63) is 11.6 Å². The van der Waals surface area contributed by atoms with E-state index in [-0.39, 0.29) is 5.97 Å². The highest BCUT2D eigenvalue weighted by Crippen LogP contribution is 1.99. The van der Waals surface area contributed by atoms with Gasteiger partial charge in [0.25, 0.3) is 0 Å². The third-order valence-electron chi connectivity index (χ3n) is 1.47. The topological polar surface area (TPSA) is 26.3 Å². The standard InChI is InChI=1S/C9H16O2/c1-4-8(2)6-5-7-11-9(3)10/h6H,4-5,7H2,1-3H3/b8-6+. The van der Waals surface area contributed by atoms with Gasteiger partial charge in [0.15, 0.2) is 0 Å². The van der Waals surface area contributed by atoms with Crippen LogP contribution in [0, 0.1) is 0 Å². The summed E-state index contributed by atoms with van der Waals surface area (Å²) in [4.78, 5) is 10.3. The molecule has 0 N–H and O–H groups in total. The lowest BCUT2D eigenvalue weighted by atomic mass is 10.2. The normalized spacial score (nSPS) is 11.4. The third kappa shape index (κ3) is 7.10. The van der Waals surface area contributed by atoms with Gasteiger partial charge in [-0.1, -0.05) is 18.6 Å². The number of hydrogen-bond donors (Lipinski definition) is 0. The lowest BCUT2D eigenvalue weighted by Crippen LogP contribution is -1.99. The van der Waals surface area contributed by atoms with Crippen molar-refractivity contribution in [2.45, 2.75) is 33.6 Å². The van der Waals surface area contributed by atoms with Crippen molar-refractivity contribution >= 4 is 5.97 Å². The second-order valence-electron chi connectivity index (χ2n) is 2.53. The van der Waals surface area contributed by atoms with Gasteiger partial charge in [0.05, 0.1) is 6.61 Å². The Bertz CT molecular complexity index is 148. The summed E-state index contributed by atoms with van der Waals surface area (Å²) in [5.74, 6) is -0.201. The van der Waals surface area contributed by atoms with Crippen molar-refractivity contribution in [1.29, 1.82) is 0 Å². The highest BCUT2D eigenvalue weighted by atomic mass is 16.5. The monoisotopic (exact) mass is 156 g/mol. The van der Waals surface area contributed by atoms with Crippen LogP contribution >= 0.6 is 0 Å². The summed E-state index contributed by atoms with van der Waals surface area (Å²) < 4.78 is 4.75. The Kier molecular flexibility index (Phi) is 5.53. The molecule has 0 rings (SSSR count). The first-order chi connectivity index (χ1) is 5.16. The largest absolute Gasteiger partial charge is 0.466 e. The summed E-state index contributed by atoms with van der Waals surface area (Å²) in [6, 6.07) is 0. The summed E-state index contributed by atoms with van der Waals surface area (Å²) in [5.41, 5.74) is 1.34. The van der Waals surface area contributed by atoms with Gasteiger partial charge in [-0.25, -0.2) is 0 Å². The van der Waals surface area contributed by atoms with Crippen molar-refractivity contribution in [1.82, 2.24) is 0 Å². The fourth-order valence-electron chi connectivity index (χ4n) is 0.652. The van der Waals surface area contributed by atoms with Crippen LogP contribution in [0.1, 0.15) is 33.6 Å². The molecule has 0 aliphatic rings. The van der Waals surface area contributed by atoms with Crippen molar-refractivity contribution < 1.29 is 9.53 Å². The zero-order valence-corrected chi connectivity index (χ0v) is 7.52. The maximum atomic E-state index is 10.3. The first kappa shape index (κ1) is 10.2.